The lowest BCUT2D eigenvalue weighted by molar-refractivity contribution is 0.0997. The van der Waals surface area contributed by atoms with Gasteiger partial charge in [0, 0.05) is 22.3 Å². The molecule has 2 aromatic carbocycles. The first-order chi connectivity index (χ1) is 12.6. The maximum absolute atomic E-state index is 12.4. The van der Waals surface area contributed by atoms with Crippen LogP contribution in [0.3, 0.4) is 0 Å². The van der Waals surface area contributed by atoms with Crippen molar-refractivity contribution in [1.82, 2.24) is 0 Å². The number of nitrogens with one attached hydrogen (secondary N) is 1. The Bertz CT molecular complexity index is 983. The third-order valence-electron chi connectivity index (χ3n) is 3.83. The molecule has 0 radical (unpaired) electrons. The van der Waals surface area contributed by atoms with Gasteiger partial charge in [0.15, 0.2) is 17.3 Å². The van der Waals surface area contributed by atoms with Gasteiger partial charge >= 0.3 is 0 Å². The highest BCUT2D eigenvalue weighted by Gasteiger charge is 2.16. The molecule has 7 heteroatoms. The molecule has 0 aliphatic carbocycles. The molecule has 26 heavy (non-hydrogen) atoms. The average molecular weight is 390 g/mol. The first-order valence-corrected chi connectivity index (χ1v) is 8.62. The number of ether oxygens (including phenoxy) is 2. The van der Waals surface area contributed by atoms with Gasteiger partial charge in [-0.25, -0.2) is 0 Å². The zero-order valence-electron chi connectivity index (χ0n) is 13.4. The third kappa shape index (κ3) is 3.36. The number of halogens is 2. The summed E-state index contributed by atoms with van der Waals surface area (Å²) in [5.41, 5.74) is 1.25. The Hall–Kier alpha value is -2.63. The molecule has 0 unspecified atom stereocenters. The largest absolute Gasteiger partial charge is 0.486 e. The molecule has 0 bridgehead atoms. The first-order valence-electron chi connectivity index (χ1n) is 7.86. The van der Waals surface area contributed by atoms with Crippen LogP contribution in [-0.4, -0.2) is 19.1 Å². The summed E-state index contributed by atoms with van der Waals surface area (Å²) in [6, 6.07) is 13.6. The smallest absolute Gasteiger partial charge is 0.291 e. The Balaban J connectivity index is 1.53. The van der Waals surface area contributed by atoms with Crippen molar-refractivity contribution in [2.24, 2.45) is 0 Å². The number of carbonyl (C=O) groups excluding carboxylic acids is 1. The van der Waals surface area contributed by atoms with Gasteiger partial charge in [0.05, 0.1) is 5.02 Å². The minimum atomic E-state index is -0.377. The van der Waals surface area contributed by atoms with Crippen LogP contribution in [0.5, 0.6) is 11.5 Å². The molecule has 0 spiro atoms. The van der Waals surface area contributed by atoms with Gasteiger partial charge in [0.25, 0.3) is 5.91 Å². The van der Waals surface area contributed by atoms with Gasteiger partial charge in [0.1, 0.15) is 19.0 Å². The van der Waals surface area contributed by atoms with E-state index in [-0.39, 0.29) is 11.7 Å². The van der Waals surface area contributed by atoms with Gasteiger partial charge < -0.3 is 19.2 Å². The number of furan rings is 1. The molecule has 5 nitrogen and oxygen atoms in total. The molecule has 3 aromatic rings. The summed E-state index contributed by atoms with van der Waals surface area (Å²) in [6.07, 6.45) is 0. The summed E-state index contributed by atoms with van der Waals surface area (Å²) >= 11 is 12.1. The van der Waals surface area contributed by atoms with Gasteiger partial charge in [-0.3, -0.25) is 4.79 Å². The van der Waals surface area contributed by atoms with Crippen LogP contribution in [0, 0.1) is 0 Å². The van der Waals surface area contributed by atoms with Crippen molar-refractivity contribution in [3.05, 3.63) is 64.3 Å². The maximum atomic E-state index is 12.4. The van der Waals surface area contributed by atoms with E-state index in [0.717, 1.165) is 0 Å². The predicted octanol–water partition coefficient (Wildman–Crippen LogP) is 5.28. The Labute approximate surface area is 159 Å². The number of hydrogen-bond acceptors (Lipinski definition) is 4. The minimum absolute atomic E-state index is 0.168. The Kier molecular flexibility index (Phi) is 4.49. The fourth-order valence-electron chi connectivity index (χ4n) is 2.61. The fourth-order valence-corrected chi connectivity index (χ4v) is 3.11. The molecule has 1 aliphatic rings. The molecule has 0 fully saturated rings. The lowest BCUT2D eigenvalue weighted by Gasteiger charge is -2.18. The van der Waals surface area contributed by atoms with Gasteiger partial charge in [0.2, 0.25) is 0 Å². The molecule has 1 N–H and O–H groups in total. The van der Waals surface area contributed by atoms with E-state index >= 15 is 0 Å². The average Bonchev–Trinajstić information content (AvgIpc) is 3.11. The van der Waals surface area contributed by atoms with Gasteiger partial charge in [-0.05, 0) is 42.5 Å². The number of rotatable bonds is 3. The molecule has 2 heterocycles. The molecule has 1 aromatic heterocycles. The SMILES string of the molecule is O=C(Nc1ccc2c(c1)OCCO2)c1ccc(-c2ccc(Cl)cc2Cl)o1. The summed E-state index contributed by atoms with van der Waals surface area (Å²) in [5, 5.41) is 3.75. The lowest BCUT2D eigenvalue weighted by Crippen LogP contribution is -2.16. The molecule has 0 atom stereocenters. The number of hydrogen-bond donors (Lipinski definition) is 1. The van der Waals surface area contributed by atoms with E-state index in [2.05, 4.69) is 5.32 Å². The number of carbonyl (C=O) groups is 1. The first kappa shape index (κ1) is 16.8. The normalized spacial score (nSPS) is 12.7. The van der Waals surface area contributed by atoms with Crippen molar-refractivity contribution in [3.63, 3.8) is 0 Å². The molecule has 0 saturated carbocycles. The quantitative estimate of drug-likeness (QED) is 0.661. The minimum Gasteiger partial charge on any atom is -0.486 e. The van der Waals surface area contributed by atoms with Gasteiger partial charge in [-0.15, -0.1) is 0 Å². The Morgan fingerprint density at radius 1 is 0.923 bits per heavy atom. The number of fused-ring (bicyclic) bond motifs is 1. The highest BCUT2D eigenvalue weighted by molar-refractivity contribution is 6.36. The summed E-state index contributed by atoms with van der Waals surface area (Å²) in [5.74, 6) is 1.53. The molecular formula is C19H13Cl2NO4. The number of amides is 1. The molecule has 0 saturated heterocycles. The molecule has 1 amide bonds. The van der Waals surface area contributed by atoms with E-state index in [1.54, 1.807) is 48.5 Å². The second kappa shape index (κ2) is 6.94. The highest BCUT2D eigenvalue weighted by atomic mass is 35.5. The Morgan fingerprint density at radius 3 is 2.54 bits per heavy atom. The van der Waals surface area contributed by atoms with E-state index < -0.39 is 0 Å². The van der Waals surface area contributed by atoms with Crippen LogP contribution in [0.25, 0.3) is 11.3 Å². The van der Waals surface area contributed by atoms with Crippen LogP contribution >= 0.6 is 23.2 Å². The standard InChI is InChI=1S/C19H13Cl2NO4/c20-11-1-3-13(14(21)9-11)15-5-6-17(26-15)19(23)22-12-2-4-16-18(10-12)25-8-7-24-16/h1-6,9-10H,7-8H2,(H,22,23). The summed E-state index contributed by atoms with van der Waals surface area (Å²) in [6.45, 7) is 0.995. The topological polar surface area (TPSA) is 60.7 Å². The van der Waals surface area contributed by atoms with Crippen LogP contribution in [0.15, 0.2) is 52.9 Å². The molecule has 4 rings (SSSR count). The van der Waals surface area contributed by atoms with Crippen LogP contribution in [-0.2, 0) is 0 Å². The van der Waals surface area contributed by atoms with Crippen molar-refractivity contribution >= 4 is 34.8 Å². The maximum Gasteiger partial charge on any atom is 0.291 e. The van der Waals surface area contributed by atoms with Crippen LogP contribution in [0.1, 0.15) is 10.6 Å². The lowest BCUT2D eigenvalue weighted by atomic mass is 10.2. The predicted molar refractivity (Wildman–Crippen MR) is 99.5 cm³/mol. The van der Waals surface area contributed by atoms with Gasteiger partial charge in [-0.2, -0.15) is 0 Å². The van der Waals surface area contributed by atoms with E-state index in [0.29, 0.717) is 51.8 Å². The molecule has 1 aliphatic heterocycles. The number of anilines is 1. The van der Waals surface area contributed by atoms with Crippen LogP contribution in [0.2, 0.25) is 10.0 Å². The monoisotopic (exact) mass is 389 g/mol. The van der Waals surface area contributed by atoms with Crippen molar-refractivity contribution < 1.29 is 18.7 Å². The molecular weight excluding hydrogens is 377 g/mol. The van der Waals surface area contributed by atoms with Crippen LogP contribution < -0.4 is 14.8 Å². The van der Waals surface area contributed by atoms with Crippen molar-refractivity contribution in [2.75, 3.05) is 18.5 Å². The zero-order valence-corrected chi connectivity index (χ0v) is 14.9. The van der Waals surface area contributed by atoms with E-state index in [4.69, 9.17) is 37.1 Å². The number of benzene rings is 2. The highest BCUT2D eigenvalue weighted by Crippen LogP contribution is 2.34. The van der Waals surface area contributed by atoms with E-state index in [1.165, 1.54) is 0 Å². The fraction of sp³-hybridized carbons (Fsp3) is 0.105. The van der Waals surface area contributed by atoms with Crippen molar-refractivity contribution in [2.45, 2.75) is 0 Å². The van der Waals surface area contributed by atoms with Crippen LogP contribution in [0.4, 0.5) is 5.69 Å². The summed E-state index contributed by atoms with van der Waals surface area (Å²) < 4.78 is 16.6. The Morgan fingerprint density at radius 2 is 1.73 bits per heavy atom. The van der Waals surface area contributed by atoms with Gasteiger partial charge in [-0.1, -0.05) is 23.2 Å². The summed E-state index contributed by atoms with van der Waals surface area (Å²) in [7, 11) is 0. The third-order valence-corrected chi connectivity index (χ3v) is 4.37. The summed E-state index contributed by atoms with van der Waals surface area (Å²) in [4.78, 5) is 12.4. The second-order valence-corrected chi connectivity index (χ2v) is 6.44. The molecule has 132 valence electrons. The zero-order chi connectivity index (χ0) is 18.1. The van der Waals surface area contributed by atoms with Crippen molar-refractivity contribution in [1.29, 1.82) is 0 Å². The second-order valence-electron chi connectivity index (χ2n) is 5.60. The van der Waals surface area contributed by atoms with E-state index in [9.17, 15) is 4.79 Å². The van der Waals surface area contributed by atoms with Crippen molar-refractivity contribution in [3.8, 4) is 22.8 Å². The van der Waals surface area contributed by atoms with E-state index in [1.807, 2.05) is 0 Å².